The lowest BCUT2D eigenvalue weighted by Crippen LogP contribution is -2.29. The molecule has 0 heterocycles. The Balaban J connectivity index is 2.35. The number of hydrogen-bond acceptors (Lipinski definition) is 4. The number of esters is 1. The van der Waals surface area contributed by atoms with E-state index < -0.39 is 17.7 Å². The van der Waals surface area contributed by atoms with Crippen molar-refractivity contribution in [3.8, 4) is 0 Å². The third-order valence-electron chi connectivity index (χ3n) is 2.51. The van der Waals surface area contributed by atoms with Gasteiger partial charge in [0.25, 0.3) is 0 Å². The average Bonchev–Trinajstić information content (AvgIpc) is 2.16. The Labute approximate surface area is 96.3 Å². The van der Waals surface area contributed by atoms with Crippen LogP contribution in [-0.4, -0.2) is 17.7 Å². The van der Waals surface area contributed by atoms with Gasteiger partial charge in [-0.3, -0.25) is 4.79 Å². The van der Waals surface area contributed by atoms with Crippen LogP contribution >= 0.6 is 0 Å². The Morgan fingerprint density at radius 1 is 1.06 bits per heavy atom. The average molecular weight is 228 g/mol. The third kappa shape index (κ3) is 4.64. The molecule has 0 amide bonds. The molecule has 0 atom stereocenters. The van der Waals surface area contributed by atoms with Gasteiger partial charge in [0, 0.05) is 0 Å². The monoisotopic (exact) mass is 228 g/mol. The zero-order valence-corrected chi connectivity index (χ0v) is 10.2. The van der Waals surface area contributed by atoms with Crippen LogP contribution in [0.1, 0.15) is 52.9 Å². The highest BCUT2D eigenvalue weighted by atomic mass is 16.7. The van der Waals surface area contributed by atoms with Crippen LogP contribution in [0.3, 0.4) is 0 Å². The van der Waals surface area contributed by atoms with Crippen LogP contribution in [0, 0.1) is 5.92 Å². The topological polar surface area (TPSA) is 52.6 Å². The summed E-state index contributed by atoms with van der Waals surface area (Å²) in [6, 6.07) is 0. The molecule has 92 valence electrons. The van der Waals surface area contributed by atoms with Crippen LogP contribution in [0.4, 0.5) is 4.79 Å². The lowest BCUT2D eigenvalue weighted by molar-refractivity contribution is -0.147. The van der Waals surface area contributed by atoms with Crippen molar-refractivity contribution < 1.29 is 19.1 Å². The zero-order chi connectivity index (χ0) is 12.2. The predicted octanol–water partition coefficient (Wildman–Crippen LogP) is 3.05. The van der Waals surface area contributed by atoms with Gasteiger partial charge in [0.05, 0.1) is 5.92 Å². The maximum atomic E-state index is 11.6. The molecule has 0 N–H and O–H groups in total. The Kier molecular flexibility index (Phi) is 4.33. The first-order valence-electron chi connectivity index (χ1n) is 5.83. The summed E-state index contributed by atoms with van der Waals surface area (Å²) in [7, 11) is 0. The standard InChI is InChI=1S/C12H20O4/c1-12(2,3)16-11(14)15-10(13)9-7-5-4-6-8-9/h9H,4-8H2,1-3H3. The summed E-state index contributed by atoms with van der Waals surface area (Å²) in [5, 5.41) is 0. The number of carbonyl (C=O) groups excluding carboxylic acids is 2. The summed E-state index contributed by atoms with van der Waals surface area (Å²) >= 11 is 0. The van der Waals surface area contributed by atoms with E-state index in [1.54, 1.807) is 20.8 Å². The smallest absolute Gasteiger partial charge is 0.428 e. The first kappa shape index (κ1) is 13.0. The zero-order valence-electron chi connectivity index (χ0n) is 10.2. The van der Waals surface area contributed by atoms with E-state index in [-0.39, 0.29) is 5.92 Å². The third-order valence-corrected chi connectivity index (χ3v) is 2.51. The lowest BCUT2D eigenvalue weighted by atomic mass is 9.89. The highest BCUT2D eigenvalue weighted by molar-refractivity contribution is 5.83. The van der Waals surface area contributed by atoms with E-state index in [2.05, 4.69) is 4.74 Å². The van der Waals surface area contributed by atoms with Gasteiger partial charge in [0.15, 0.2) is 0 Å². The molecule has 1 aliphatic carbocycles. The number of hydrogen-bond donors (Lipinski definition) is 0. The van der Waals surface area contributed by atoms with E-state index in [1.807, 2.05) is 0 Å². The Bertz CT molecular complexity index is 259. The van der Waals surface area contributed by atoms with Crippen molar-refractivity contribution in [3.05, 3.63) is 0 Å². The summed E-state index contributed by atoms with van der Waals surface area (Å²) < 4.78 is 9.58. The van der Waals surface area contributed by atoms with Crippen LogP contribution < -0.4 is 0 Å². The molecule has 0 aromatic rings. The summed E-state index contributed by atoms with van der Waals surface area (Å²) in [6.07, 6.45) is 3.99. The molecule has 4 heteroatoms. The fourth-order valence-corrected chi connectivity index (χ4v) is 1.77. The van der Waals surface area contributed by atoms with Crippen molar-refractivity contribution in [3.63, 3.8) is 0 Å². The molecule has 1 aliphatic rings. The van der Waals surface area contributed by atoms with Gasteiger partial charge < -0.3 is 9.47 Å². The SMILES string of the molecule is CC(C)(C)OC(=O)OC(=O)C1CCCCC1. The molecule has 0 aromatic carbocycles. The molecule has 0 saturated heterocycles. The fraction of sp³-hybridized carbons (Fsp3) is 0.833. The highest BCUT2D eigenvalue weighted by Gasteiger charge is 2.27. The van der Waals surface area contributed by atoms with E-state index in [1.165, 1.54) is 0 Å². The maximum Gasteiger partial charge on any atom is 0.516 e. The van der Waals surface area contributed by atoms with Gasteiger partial charge in [-0.25, -0.2) is 4.79 Å². The summed E-state index contributed by atoms with van der Waals surface area (Å²) in [4.78, 5) is 22.8. The van der Waals surface area contributed by atoms with E-state index in [0.29, 0.717) is 0 Å². The van der Waals surface area contributed by atoms with Crippen LogP contribution in [0.5, 0.6) is 0 Å². The normalized spacial score (nSPS) is 17.9. The van der Waals surface area contributed by atoms with Crippen molar-refractivity contribution in [2.24, 2.45) is 5.92 Å². The van der Waals surface area contributed by atoms with Crippen LogP contribution in [0.2, 0.25) is 0 Å². The van der Waals surface area contributed by atoms with Gasteiger partial charge >= 0.3 is 12.1 Å². The maximum absolute atomic E-state index is 11.6. The van der Waals surface area contributed by atoms with Crippen molar-refractivity contribution >= 4 is 12.1 Å². The quantitative estimate of drug-likeness (QED) is 0.511. The molecule has 0 unspecified atom stereocenters. The van der Waals surface area contributed by atoms with E-state index in [4.69, 9.17) is 4.74 Å². The molecule has 0 bridgehead atoms. The molecule has 1 saturated carbocycles. The van der Waals surface area contributed by atoms with Crippen LogP contribution in [0.25, 0.3) is 0 Å². The van der Waals surface area contributed by atoms with Gasteiger partial charge in [-0.15, -0.1) is 0 Å². The fourth-order valence-electron chi connectivity index (χ4n) is 1.77. The summed E-state index contributed by atoms with van der Waals surface area (Å²) in [6.45, 7) is 5.21. The minimum absolute atomic E-state index is 0.124. The summed E-state index contributed by atoms with van der Waals surface area (Å²) in [5.74, 6) is -0.560. The molecule has 1 rings (SSSR count). The largest absolute Gasteiger partial charge is 0.516 e. The Morgan fingerprint density at radius 2 is 1.62 bits per heavy atom. The van der Waals surface area contributed by atoms with Gasteiger partial charge in [-0.1, -0.05) is 19.3 Å². The van der Waals surface area contributed by atoms with E-state index >= 15 is 0 Å². The Morgan fingerprint density at radius 3 is 2.12 bits per heavy atom. The van der Waals surface area contributed by atoms with Crippen LogP contribution in [0.15, 0.2) is 0 Å². The van der Waals surface area contributed by atoms with E-state index in [9.17, 15) is 9.59 Å². The minimum atomic E-state index is -0.886. The molecule has 0 aliphatic heterocycles. The van der Waals surface area contributed by atoms with Gasteiger partial charge in [-0.05, 0) is 33.6 Å². The molecule has 1 fully saturated rings. The molecule has 0 aromatic heterocycles. The second-order valence-electron chi connectivity index (χ2n) is 5.22. The molecular formula is C12H20O4. The second kappa shape index (κ2) is 5.32. The number of carbonyl (C=O) groups is 2. The second-order valence-corrected chi connectivity index (χ2v) is 5.22. The predicted molar refractivity (Wildman–Crippen MR) is 58.9 cm³/mol. The molecule has 4 nitrogen and oxygen atoms in total. The van der Waals surface area contributed by atoms with Crippen molar-refractivity contribution in [2.75, 3.05) is 0 Å². The molecular weight excluding hydrogens is 208 g/mol. The van der Waals surface area contributed by atoms with Crippen LogP contribution in [-0.2, 0) is 14.3 Å². The first-order valence-corrected chi connectivity index (χ1v) is 5.83. The molecule has 16 heavy (non-hydrogen) atoms. The summed E-state index contributed by atoms with van der Waals surface area (Å²) in [5.41, 5.74) is -0.621. The Hall–Kier alpha value is -1.06. The minimum Gasteiger partial charge on any atom is -0.428 e. The first-order chi connectivity index (χ1) is 7.38. The van der Waals surface area contributed by atoms with E-state index in [0.717, 1.165) is 32.1 Å². The lowest BCUT2D eigenvalue weighted by Gasteiger charge is -2.21. The highest BCUT2D eigenvalue weighted by Crippen LogP contribution is 2.25. The van der Waals surface area contributed by atoms with Gasteiger partial charge in [0.1, 0.15) is 5.60 Å². The van der Waals surface area contributed by atoms with Gasteiger partial charge in [0.2, 0.25) is 0 Å². The van der Waals surface area contributed by atoms with Crippen molar-refractivity contribution in [1.82, 2.24) is 0 Å². The van der Waals surface area contributed by atoms with Crippen molar-refractivity contribution in [1.29, 1.82) is 0 Å². The number of rotatable bonds is 1. The molecule has 0 spiro atoms. The number of ether oxygens (including phenoxy) is 2. The molecule has 0 radical (unpaired) electrons. The van der Waals surface area contributed by atoms with Gasteiger partial charge in [-0.2, -0.15) is 0 Å². The van der Waals surface area contributed by atoms with Crippen molar-refractivity contribution in [2.45, 2.75) is 58.5 Å².